The Labute approximate surface area is 121 Å². The molecule has 1 unspecified atom stereocenters. The van der Waals surface area contributed by atoms with E-state index in [-0.39, 0.29) is 0 Å². The van der Waals surface area contributed by atoms with Crippen LogP contribution in [0.1, 0.15) is 18.9 Å². The average Bonchev–Trinajstić information content (AvgIpc) is 2.84. The fraction of sp³-hybridized carbons (Fsp3) is 0.385. The Balaban J connectivity index is 2.22. The van der Waals surface area contributed by atoms with E-state index in [9.17, 15) is 4.79 Å². The van der Waals surface area contributed by atoms with Gasteiger partial charge >= 0.3 is 5.97 Å². The molecule has 0 bridgehead atoms. The Kier molecular flexibility index (Phi) is 4.34. The Hall–Kier alpha value is -1.95. The molecule has 0 amide bonds. The lowest BCUT2D eigenvalue weighted by Crippen LogP contribution is -2.14. The highest BCUT2D eigenvalue weighted by Gasteiger charge is 2.15. The number of rotatable bonds is 5. The molecule has 0 radical (unpaired) electrons. The topological polar surface area (TPSA) is 80.9 Å². The molecule has 2 aromatic rings. The molecule has 0 spiro atoms. The molecule has 0 aliphatic rings. The van der Waals surface area contributed by atoms with E-state index < -0.39 is 11.9 Å². The summed E-state index contributed by atoms with van der Waals surface area (Å²) in [6.07, 6.45) is 0.472. The first-order valence-electron chi connectivity index (χ1n) is 6.24. The molecule has 20 heavy (non-hydrogen) atoms. The SMILES string of the molecule is Cc1cc(Cl)ccc1-c1nnnn1CCC(C)C(=O)O. The van der Waals surface area contributed by atoms with E-state index in [1.807, 2.05) is 19.1 Å². The predicted octanol–water partition coefficient (Wildman–Crippen LogP) is 2.41. The van der Waals surface area contributed by atoms with Crippen LogP contribution in [0.15, 0.2) is 18.2 Å². The monoisotopic (exact) mass is 294 g/mol. The second-order valence-corrected chi connectivity index (χ2v) is 5.15. The number of aryl methyl sites for hydroxylation is 2. The molecule has 2 rings (SSSR count). The Bertz CT molecular complexity index is 627. The highest BCUT2D eigenvalue weighted by Crippen LogP contribution is 2.24. The van der Waals surface area contributed by atoms with E-state index in [4.69, 9.17) is 16.7 Å². The summed E-state index contributed by atoms with van der Waals surface area (Å²) in [7, 11) is 0. The summed E-state index contributed by atoms with van der Waals surface area (Å²) in [6, 6.07) is 5.49. The van der Waals surface area contributed by atoms with Gasteiger partial charge in [-0.3, -0.25) is 4.79 Å². The molecule has 0 aliphatic heterocycles. The lowest BCUT2D eigenvalue weighted by atomic mass is 10.1. The fourth-order valence-electron chi connectivity index (χ4n) is 1.87. The largest absolute Gasteiger partial charge is 0.481 e. The van der Waals surface area contributed by atoms with Crippen LogP contribution in [0.5, 0.6) is 0 Å². The molecule has 7 heteroatoms. The molecule has 1 aromatic heterocycles. The first kappa shape index (κ1) is 14.5. The average molecular weight is 295 g/mol. The van der Waals surface area contributed by atoms with Gasteiger partial charge in [0.2, 0.25) is 0 Å². The molecule has 106 valence electrons. The van der Waals surface area contributed by atoms with Crippen LogP contribution in [0.3, 0.4) is 0 Å². The van der Waals surface area contributed by atoms with Crippen LogP contribution in [0.2, 0.25) is 5.02 Å². The van der Waals surface area contributed by atoms with Gasteiger partial charge in [-0.1, -0.05) is 18.5 Å². The number of carbonyl (C=O) groups is 1. The smallest absolute Gasteiger partial charge is 0.306 e. The van der Waals surface area contributed by atoms with Crippen LogP contribution in [-0.4, -0.2) is 31.3 Å². The van der Waals surface area contributed by atoms with Crippen molar-refractivity contribution in [3.8, 4) is 11.4 Å². The molecule has 0 saturated carbocycles. The van der Waals surface area contributed by atoms with Crippen LogP contribution < -0.4 is 0 Å². The Morgan fingerprint density at radius 1 is 1.50 bits per heavy atom. The molecule has 1 N–H and O–H groups in total. The third kappa shape index (κ3) is 3.14. The first-order chi connectivity index (χ1) is 9.49. The van der Waals surface area contributed by atoms with Crippen LogP contribution >= 0.6 is 11.6 Å². The third-order valence-electron chi connectivity index (χ3n) is 3.16. The number of halogens is 1. The lowest BCUT2D eigenvalue weighted by molar-refractivity contribution is -0.141. The number of benzene rings is 1. The molecule has 0 aliphatic carbocycles. The lowest BCUT2D eigenvalue weighted by Gasteiger charge is -2.09. The maximum Gasteiger partial charge on any atom is 0.306 e. The highest BCUT2D eigenvalue weighted by molar-refractivity contribution is 6.30. The van der Waals surface area contributed by atoms with Crippen LogP contribution in [0.25, 0.3) is 11.4 Å². The van der Waals surface area contributed by atoms with Gasteiger partial charge in [-0.15, -0.1) is 5.10 Å². The predicted molar refractivity (Wildman–Crippen MR) is 74.4 cm³/mol. The molecule has 1 heterocycles. The highest BCUT2D eigenvalue weighted by atomic mass is 35.5. The van der Waals surface area contributed by atoms with Gasteiger partial charge in [-0.25, -0.2) is 4.68 Å². The quantitative estimate of drug-likeness (QED) is 0.916. The molecule has 1 aromatic carbocycles. The zero-order valence-corrected chi connectivity index (χ0v) is 12.0. The molecule has 1 atom stereocenters. The summed E-state index contributed by atoms with van der Waals surface area (Å²) >= 11 is 5.93. The number of aromatic nitrogens is 4. The standard InChI is InChI=1S/C13H15ClN4O2/c1-8(13(19)20)5-6-18-12(15-16-17-18)11-4-3-10(14)7-9(11)2/h3-4,7-8H,5-6H2,1-2H3,(H,19,20). The summed E-state index contributed by atoms with van der Waals surface area (Å²) in [6.45, 7) is 4.05. The fourth-order valence-corrected chi connectivity index (χ4v) is 2.09. The van der Waals surface area contributed by atoms with Gasteiger partial charge in [0.05, 0.1) is 5.92 Å². The van der Waals surface area contributed by atoms with Crippen molar-refractivity contribution in [3.05, 3.63) is 28.8 Å². The van der Waals surface area contributed by atoms with E-state index in [1.165, 1.54) is 0 Å². The van der Waals surface area contributed by atoms with Crippen molar-refractivity contribution in [2.75, 3.05) is 0 Å². The molecule has 6 nitrogen and oxygen atoms in total. The van der Waals surface area contributed by atoms with Crippen molar-refractivity contribution < 1.29 is 9.90 Å². The summed E-state index contributed by atoms with van der Waals surface area (Å²) < 4.78 is 1.62. The maximum absolute atomic E-state index is 10.8. The first-order valence-corrected chi connectivity index (χ1v) is 6.62. The van der Waals surface area contributed by atoms with Crippen molar-refractivity contribution in [3.63, 3.8) is 0 Å². The molecule has 0 fully saturated rings. The zero-order valence-electron chi connectivity index (χ0n) is 11.2. The number of hydrogen-bond acceptors (Lipinski definition) is 4. The second kappa shape index (κ2) is 6.00. The third-order valence-corrected chi connectivity index (χ3v) is 3.39. The van der Waals surface area contributed by atoms with Crippen molar-refractivity contribution in [1.29, 1.82) is 0 Å². The number of carboxylic acids is 1. The number of tetrazole rings is 1. The number of nitrogens with zero attached hydrogens (tertiary/aromatic N) is 4. The second-order valence-electron chi connectivity index (χ2n) is 4.71. The molecular formula is C13H15ClN4O2. The van der Waals surface area contributed by atoms with Crippen molar-refractivity contribution >= 4 is 17.6 Å². The summed E-state index contributed by atoms with van der Waals surface area (Å²) in [5, 5.41) is 21.1. The van der Waals surface area contributed by atoms with Gasteiger partial charge < -0.3 is 5.11 Å². The minimum Gasteiger partial charge on any atom is -0.481 e. The van der Waals surface area contributed by atoms with Crippen LogP contribution in [0, 0.1) is 12.8 Å². The number of aliphatic carboxylic acids is 1. The Morgan fingerprint density at radius 3 is 2.90 bits per heavy atom. The normalized spacial score (nSPS) is 12.3. The van der Waals surface area contributed by atoms with E-state index in [0.717, 1.165) is 11.1 Å². The van der Waals surface area contributed by atoms with E-state index >= 15 is 0 Å². The van der Waals surface area contributed by atoms with Crippen molar-refractivity contribution in [1.82, 2.24) is 20.2 Å². The summed E-state index contributed by atoms with van der Waals surface area (Å²) in [5.74, 6) is -0.627. The summed E-state index contributed by atoms with van der Waals surface area (Å²) in [5.41, 5.74) is 1.86. The van der Waals surface area contributed by atoms with E-state index in [1.54, 1.807) is 17.7 Å². The van der Waals surface area contributed by atoms with Gasteiger partial charge in [0.15, 0.2) is 5.82 Å². The van der Waals surface area contributed by atoms with Gasteiger partial charge in [0, 0.05) is 17.1 Å². The molecule has 0 saturated heterocycles. The van der Waals surface area contributed by atoms with E-state index in [0.29, 0.717) is 23.8 Å². The van der Waals surface area contributed by atoms with Crippen molar-refractivity contribution in [2.24, 2.45) is 5.92 Å². The summed E-state index contributed by atoms with van der Waals surface area (Å²) in [4.78, 5) is 10.8. The van der Waals surface area contributed by atoms with E-state index in [2.05, 4.69) is 15.5 Å². The number of carboxylic acid groups (broad SMARTS) is 1. The maximum atomic E-state index is 10.8. The van der Waals surface area contributed by atoms with Gasteiger partial charge in [0.25, 0.3) is 0 Å². The van der Waals surface area contributed by atoms with Crippen LogP contribution in [-0.2, 0) is 11.3 Å². The number of hydrogen-bond donors (Lipinski definition) is 1. The minimum atomic E-state index is -0.817. The van der Waals surface area contributed by atoms with Gasteiger partial charge in [0.1, 0.15) is 0 Å². The minimum absolute atomic E-state index is 0.432. The van der Waals surface area contributed by atoms with Gasteiger partial charge in [-0.05, 0) is 47.5 Å². The Morgan fingerprint density at radius 2 is 2.25 bits per heavy atom. The van der Waals surface area contributed by atoms with Gasteiger partial charge in [-0.2, -0.15) is 0 Å². The zero-order chi connectivity index (χ0) is 14.7. The molecular weight excluding hydrogens is 280 g/mol. The van der Waals surface area contributed by atoms with Crippen molar-refractivity contribution in [2.45, 2.75) is 26.8 Å². The van der Waals surface area contributed by atoms with Crippen LogP contribution in [0.4, 0.5) is 0 Å².